The maximum atomic E-state index is 14.2. The fraction of sp³-hybridized carbons (Fsp3) is 0.520. The Balaban J connectivity index is 1.35. The quantitative estimate of drug-likeness (QED) is 0.274. The molecule has 0 aliphatic carbocycles. The summed E-state index contributed by atoms with van der Waals surface area (Å²) in [7, 11) is 0. The topological polar surface area (TPSA) is 89.8 Å². The molecule has 1 atom stereocenters. The first kappa shape index (κ1) is 26.9. The zero-order chi connectivity index (χ0) is 25.7. The number of hydrogen-bond donors (Lipinski definition) is 3. The number of anilines is 2. The van der Waals surface area contributed by atoms with Crippen molar-refractivity contribution >= 4 is 40.7 Å². The van der Waals surface area contributed by atoms with Gasteiger partial charge in [-0.2, -0.15) is 0 Å². The first-order valence-electron chi connectivity index (χ1n) is 12.5. The number of aromatic nitrogens is 1. The van der Waals surface area contributed by atoms with Gasteiger partial charge < -0.3 is 10.2 Å². The van der Waals surface area contributed by atoms with Crippen molar-refractivity contribution in [3.63, 3.8) is 0 Å². The highest BCUT2D eigenvalue weighted by Gasteiger charge is 2.34. The number of amides is 2. The monoisotopic (exact) mass is 537 g/mol. The summed E-state index contributed by atoms with van der Waals surface area (Å²) in [5.74, 6) is 5.62. The van der Waals surface area contributed by atoms with E-state index in [9.17, 15) is 9.18 Å². The lowest BCUT2D eigenvalue weighted by atomic mass is 9.97. The Kier molecular flexibility index (Phi) is 9.25. The second kappa shape index (κ2) is 12.4. The van der Waals surface area contributed by atoms with Gasteiger partial charge in [-0.05, 0) is 50.6 Å². The van der Waals surface area contributed by atoms with Crippen LogP contribution in [0.1, 0.15) is 38.2 Å². The van der Waals surface area contributed by atoms with E-state index in [1.165, 1.54) is 6.07 Å². The summed E-state index contributed by atoms with van der Waals surface area (Å²) in [4.78, 5) is 23.2. The smallest absolute Gasteiger partial charge is 0.333 e. The normalized spacial score (nSPS) is 19.9. The van der Waals surface area contributed by atoms with Crippen molar-refractivity contribution in [2.24, 2.45) is 5.84 Å². The number of piperazine rings is 1. The van der Waals surface area contributed by atoms with Crippen LogP contribution in [-0.2, 0) is 6.54 Å². The van der Waals surface area contributed by atoms with Gasteiger partial charge in [-0.1, -0.05) is 42.6 Å². The minimum Gasteiger partial charge on any atom is -0.353 e. The number of hydrogen-bond acceptors (Lipinski definition) is 6. The standard InChI is InChI=1S/C25H34Cl2FN7O/c1-2-3-21-16-34(24-22(27)13-19(14-30-24)31-25(36)32-29)10-11-35(21)20-6-8-33(9-7-20)15-17-4-5-18(26)12-23(17)28/h4-5,12-14,20-21H,2-3,6-11,15-16,29H2,1H3,(H2,31,32,36)/t21-/m0/s1. The molecule has 2 saturated heterocycles. The highest BCUT2D eigenvalue weighted by atomic mass is 35.5. The lowest BCUT2D eigenvalue weighted by Gasteiger charge is -2.48. The minimum atomic E-state index is -0.526. The molecule has 2 aromatic rings. The first-order valence-corrected chi connectivity index (χ1v) is 13.2. The van der Waals surface area contributed by atoms with Crippen molar-refractivity contribution < 1.29 is 9.18 Å². The maximum Gasteiger partial charge on any atom is 0.333 e. The van der Waals surface area contributed by atoms with E-state index >= 15 is 0 Å². The molecule has 0 radical (unpaired) electrons. The van der Waals surface area contributed by atoms with E-state index < -0.39 is 6.03 Å². The molecular weight excluding hydrogens is 504 g/mol. The molecule has 2 aliphatic heterocycles. The molecule has 4 N–H and O–H groups in total. The zero-order valence-corrected chi connectivity index (χ0v) is 22.0. The van der Waals surface area contributed by atoms with Gasteiger partial charge in [0.2, 0.25) is 0 Å². The van der Waals surface area contributed by atoms with Gasteiger partial charge >= 0.3 is 6.03 Å². The largest absolute Gasteiger partial charge is 0.353 e. The Bertz CT molecular complexity index is 1050. The van der Waals surface area contributed by atoms with Gasteiger partial charge in [-0.15, -0.1) is 0 Å². The predicted molar refractivity (Wildman–Crippen MR) is 143 cm³/mol. The van der Waals surface area contributed by atoms with E-state index in [0.29, 0.717) is 39.9 Å². The minimum absolute atomic E-state index is 0.234. The lowest BCUT2D eigenvalue weighted by molar-refractivity contribution is 0.0587. The number of nitrogens with zero attached hydrogens (tertiary/aromatic N) is 4. The summed E-state index contributed by atoms with van der Waals surface area (Å²) >= 11 is 12.4. The van der Waals surface area contributed by atoms with Crippen LogP contribution in [0.5, 0.6) is 0 Å². The highest BCUT2D eigenvalue weighted by Crippen LogP contribution is 2.31. The highest BCUT2D eigenvalue weighted by molar-refractivity contribution is 6.33. The van der Waals surface area contributed by atoms with E-state index in [1.54, 1.807) is 24.4 Å². The molecule has 3 heterocycles. The third-order valence-corrected chi connectivity index (χ3v) is 7.61. The number of nitrogens with one attached hydrogen (secondary N) is 2. The Morgan fingerprint density at radius 1 is 1.19 bits per heavy atom. The molecule has 0 spiro atoms. The summed E-state index contributed by atoms with van der Waals surface area (Å²) in [6.45, 7) is 7.35. The maximum absolute atomic E-state index is 14.2. The van der Waals surface area contributed by atoms with Gasteiger partial charge in [-0.25, -0.2) is 20.0 Å². The van der Waals surface area contributed by atoms with Crippen molar-refractivity contribution in [1.82, 2.24) is 20.2 Å². The van der Waals surface area contributed by atoms with E-state index in [4.69, 9.17) is 29.0 Å². The number of carbonyl (C=O) groups is 1. The SMILES string of the molecule is CCC[C@H]1CN(c2ncc(NC(=O)NN)cc2Cl)CCN1C1CCN(Cc2ccc(Cl)cc2F)CC1. The second-order valence-electron chi connectivity index (χ2n) is 9.50. The molecule has 0 unspecified atom stereocenters. The average Bonchev–Trinajstić information content (AvgIpc) is 2.86. The summed E-state index contributed by atoms with van der Waals surface area (Å²) in [5.41, 5.74) is 3.21. The second-order valence-corrected chi connectivity index (χ2v) is 10.3. The molecule has 2 amide bonds. The van der Waals surface area contributed by atoms with Crippen molar-refractivity contribution in [2.45, 2.75) is 51.2 Å². The summed E-state index contributed by atoms with van der Waals surface area (Å²) in [6, 6.07) is 7.02. The molecule has 1 aromatic carbocycles. The molecule has 0 bridgehead atoms. The van der Waals surface area contributed by atoms with Crippen molar-refractivity contribution in [3.05, 3.63) is 51.9 Å². The molecule has 0 saturated carbocycles. The molecule has 8 nitrogen and oxygen atoms in total. The van der Waals surface area contributed by atoms with Gasteiger partial charge in [0.15, 0.2) is 0 Å². The molecule has 2 fully saturated rings. The molecule has 1 aromatic heterocycles. The third-order valence-electron chi connectivity index (χ3n) is 7.10. The van der Waals surface area contributed by atoms with E-state index in [-0.39, 0.29) is 5.82 Å². The number of nitrogens with two attached hydrogens (primary N) is 1. The van der Waals surface area contributed by atoms with Crippen LogP contribution in [-0.4, -0.2) is 65.6 Å². The van der Waals surface area contributed by atoms with Gasteiger partial charge in [0.1, 0.15) is 11.6 Å². The molecule has 196 valence electrons. The number of piperidine rings is 1. The third kappa shape index (κ3) is 6.58. The number of carbonyl (C=O) groups excluding carboxylic acids is 1. The Labute approximate surface area is 221 Å². The predicted octanol–water partition coefficient (Wildman–Crippen LogP) is 4.48. The zero-order valence-electron chi connectivity index (χ0n) is 20.5. The van der Waals surface area contributed by atoms with Crippen LogP contribution in [0.25, 0.3) is 0 Å². The molecule has 4 rings (SSSR count). The van der Waals surface area contributed by atoms with Crippen LogP contribution in [0, 0.1) is 5.82 Å². The van der Waals surface area contributed by atoms with E-state index in [1.807, 2.05) is 5.43 Å². The van der Waals surface area contributed by atoms with Crippen molar-refractivity contribution in [2.75, 3.05) is 42.9 Å². The van der Waals surface area contributed by atoms with Crippen LogP contribution in [0.4, 0.5) is 20.7 Å². The van der Waals surface area contributed by atoms with Crippen LogP contribution < -0.4 is 21.5 Å². The summed E-state index contributed by atoms with van der Waals surface area (Å²) in [5, 5.41) is 3.51. The molecule has 36 heavy (non-hydrogen) atoms. The van der Waals surface area contributed by atoms with Gasteiger partial charge in [0.05, 0.1) is 16.9 Å². The van der Waals surface area contributed by atoms with E-state index in [2.05, 4.69) is 31.9 Å². The Morgan fingerprint density at radius 2 is 1.97 bits per heavy atom. The fourth-order valence-electron chi connectivity index (χ4n) is 5.33. The Morgan fingerprint density at radius 3 is 2.64 bits per heavy atom. The molecule has 11 heteroatoms. The van der Waals surface area contributed by atoms with Gasteiger partial charge in [0, 0.05) is 48.8 Å². The number of pyridine rings is 1. The number of likely N-dealkylation sites (tertiary alicyclic amines) is 1. The lowest BCUT2D eigenvalue weighted by Crippen LogP contribution is -2.58. The van der Waals surface area contributed by atoms with Gasteiger partial charge in [-0.3, -0.25) is 15.2 Å². The number of rotatable bonds is 7. The number of benzene rings is 1. The summed E-state index contributed by atoms with van der Waals surface area (Å²) < 4.78 is 14.2. The van der Waals surface area contributed by atoms with Crippen LogP contribution in [0.15, 0.2) is 30.5 Å². The average molecular weight is 538 g/mol. The number of hydrazine groups is 1. The van der Waals surface area contributed by atoms with Crippen LogP contribution in [0.2, 0.25) is 10.0 Å². The summed E-state index contributed by atoms with van der Waals surface area (Å²) in [6.07, 6.45) is 5.93. The molecule has 2 aliphatic rings. The Hall–Kier alpha value is -2.17. The van der Waals surface area contributed by atoms with Crippen LogP contribution >= 0.6 is 23.2 Å². The fourth-order valence-corrected chi connectivity index (χ4v) is 5.78. The van der Waals surface area contributed by atoms with Gasteiger partial charge in [0.25, 0.3) is 0 Å². The van der Waals surface area contributed by atoms with Crippen LogP contribution in [0.3, 0.4) is 0 Å². The van der Waals surface area contributed by atoms with Crippen molar-refractivity contribution in [1.29, 1.82) is 0 Å². The first-order chi connectivity index (χ1) is 17.4. The number of halogens is 3. The van der Waals surface area contributed by atoms with Crippen molar-refractivity contribution in [3.8, 4) is 0 Å². The van der Waals surface area contributed by atoms with E-state index in [0.717, 1.165) is 64.2 Å². The molecular formula is C25H34Cl2FN7O. The number of urea groups is 1.